The average Bonchev–Trinajstić information content (AvgIpc) is 3.22. The van der Waals surface area contributed by atoms with Crippen molar-refractivity contribution in [3.05, 3.63) is 46.1 Å². The molecule has 0 bridgehead atoms. The first-order valence-electron chi connectivity index (χ1n) is 9.19. The third-order valence-electron chi connectivity index (χ3n) is 5.23. The van der Waals surface area contributed by atoms with Crippen molar-refractivity contribution in [1.29, 1.82) is 0 Å². The number of hydrogen-bond donors (Lipinski definition) is 0. The highest BCUT2D eigenvalue weighted by Gasteiger charge is 2.25. The molecule has 1 amide bonds. The van der Waals surface area contributed by atoms with Crippen molar-refractivity contribution in [3.63, 3.8) is 0 Å². The number of anilines is 1. The second-order valence-corrected chi connectivity index (χ2v) is 9.56. The Labute approximate surface area is 172 Å². The number of benzene rings is 1. The molecule has 1 aliphatic heterocycles. The van der Waals surface area contributed by atoms with E-state index in [1.807, 2.05) is 25.1 Å². The van der Waals surface area contributed by atoms with E-state index in [1.54, 1.807) is 29.5 Å². The number of rotatable bonds is 4. The fourth-order valence-electron chi connectivity index (χ4n) is 3.58. The molecule has 0 saturated carbocycles. The highest BCUT2D eigenvalue weighted by atomic mass is 32.2. The zero-order valence-electron chi connectivity index (χ0n) is 16.3. The predicted octanol–water partition coefficient (Wildman–Crippen LogP) is 4.58. The Morgan fingerprint density at radius 1 is 1.25 bits per heavy atom. The Morgan fingerprint density at radius 3 is 2.79 bits per heavy atom. The van der Waals surface area contributed by atoms with E-state index in [9.17, 15) is 9.59 Å². The molecule has 0 spiro atoms. The number of hydrogen-bond acceptors (Lipinski definition) is 6. The molecule has 4 rings (SSSR count). The highest BCUT2D eigenvalue weighted by Crippen LogP contribution is 2.37. The predicted molar refractivity (Wildman–Crippen MR) is 115 cm³/mol. The highest BCUT2D eigenvalue weighted by molar-refractivity contribution is 8.00. The minimum atomic E-state index is -0.263. The minimum absolute atomic E-state index is 0.0379. The van der Waals surface area contributed by atoms with Crippen LogP contribution in [-0.4, -0.2) is 33.5 Å². The topological polar surface area (TPSA) is 63.2 Å². The number of amides is 1. The Hall–Kier alpha value is -2.25. The van der Waals surface area contributed by atoms with Crippen LogP contribution in [0.4, 0.5) is 5.69 Å². The monoisotopic (exact) mass is 411 g/mol. The quantitative estimate of drug-likeness (QED) is 0.357. The van der Waals surface area contributed by atoms with Gasteiger partial charge in [0.15, 0.2) is 5.78 Å². The largest absolute Gasteiger partial charge is 0.312 e. The molecule has 1 aromatic carbocycles. The van der Waals surface area contributed by atoms with Gasteiger partial charge in [0.1, 0.15) is 16.2 Å². The van der Waals surface area contributed by atoms with Gasteiger partial charge in [-0.05, 0) is 56.5 Å². The molecule has 0 saturated heterocycles. The molecular weight excluding hydrogens is 390 g/mol. The molecule has 1 aliphatic rings. The number of carbonyl (C=O) groups is 2. The summed E-state index contributed by atoms with van der Waals surface area (Å²) in [7, 11) is 0. The summed E-state index contributed by atoms with van der Waals surface area (Å²) in [4.78, 5) is 37.5. The van der Waals surface area contributed by atoms with Crippen molar-refractivity contribution >= 4 is 50.7 Å². The maximum absolute atomic E-state index is 13.0. The van der Waals surface area contributed by atoms with Crippen LogP contribution in [0.1, 0.15) is 40.2 Å². The van der Waals surface area contributed by atoms with Crippen molar-refractivity contribution in [2.24, 2.45) is 0 Å². The number of aromatic nitrogens is 2. The van der Waals surface area contributed by atoms with Gasteiger partial charge in [-0.1, -0.05) is 11.8 Å². The molecule has 5 nitrogen and oxygen atoms in total. The van der Waals surface area contributed by atoms with Gasteiger partial charge in [-0.3, -0.25) is 9.59 Å². The van der Waals surface area contributed by atoms with Crippen molar-refractivity contribution < 1.29 is 9.59 Å². The average molecular weight is 412 g/mol. The lowest BCUT2D eigenvalue weighted by atomic mass is 10.0. The van der Waals surface area contributed by atoms with Gasteiger partial charge in [0.25, 0.3) is 0 Å². The van der Waals surface area contributed by atoms with Crippen molar-refractivity contribution in [2.75, 3.05) is 11.4 Å². The van der Waals surface area contributed by atoms with Crippen LogP contribution in [0, 0.1) is 13.8 Å². The summed E-state index contributed by atoms with van der Waals surface area (Å²) in [6, 6.07) is 5.66. The molecule has 7 heteroatoms. The van der Waals surface area contributed by atoms with E-state index in [1.165, 1.54) is 22.2 Å². The first kappa shape index (κ1) is 19.1. The van der Waals surface area contributed by atoms with Gasteiger partial charge in [-0.15, -0.1) is 11.3 Å². The minimum Gasteiger partial charge on any atom is -0.312 e. The van der Waals surface area contributed by atoms with Crippen molar-refractivity contribution in [2.45, 2.75) is 44.4 Å². The van der Waals surface area contributed by atoms with Crippen LogP contribution < -0.4 is 4.90 Å². The summed E-state index contributed by atoms with van der Waals surface area (Å²) in [6.45, 7) is 8.34. The lowest BCUT2D eigenvalue weighted by molar-refractivity contribution is -0.116. The first-order chi connectivity index (χ1) is 13.4. The molecule has 1 unspecified atom stereocenters. The normalized spacial score (nSPS) is 14.4. The number of thiophene rings is 1. The molecule has 0 fully saturated rings. The van der Waals surface area contributed by atoms with E-state index in [0.29, 0.717) is 12.1 Å². The van der Waals surface area contributed by atoms with E-state index in [4.69, 9.17) is 0 Å². The lowest BCUT2D eigenvalue weighted by Crippen LogP contribution is -2.25. The van der Waals surface area contributed by atoms with Crippen LogP contribution in [0.3, 0.4) is 0 Å². The Morgan fingerprint density at radius 2 is 2.04 bits per heavy atom. The van der Waals surface area contributed by atoms with Crippen LogP contribution in [0.2, 0.25) is 0 Å². The maximum atomic E-state index is 13.0. The first-order valence-corrected chi connectivity index (χ1v) is 10.9. The van der Waals surface area contributed by atoms with Crippen LogP contribution >= 0.6 is 23.1 Å². The summed E-state index contributed by atoms with van der Waals surface area (Å²) < 4.78 is 0. The van der Waals surface area contributed by atoms with E-state index in [0.717, 1.165) is 32.9 Å². The summed E-state index contributed by atoms with van der Waals surface area (Å²) in [5.74, 6) is 0.112. The number of nitrogens with zero attached hydrogens (tertiary/aromatic N) is 3. The number of carbonyl (C=O) groups excluding carboxylic acids is 2. The van der Waals surface area contributed by atoms with Gasteiger partial charge < -0.3 is 4.90 Å². The van der Waals surface area contributed by atoms with Crippen LogP contribution in [-0.2, 0) is 11.2 Å². The third kappa shape index (κ3) is 3.22. The van der Waals surface area contributed by atoms with E-state index >= 15 is 0 Å². The fraction of sp³-hybridized carbons (Fsp3) is 0.333. The maximum Gasteiger partial charge on any atom is 0.223 e. The second-order valence-electron chi connectivity index (χ2n) is 7.03. The summed E-state index contributed by atoms with van der Waals surface area (Å²) in [6.07, 6.45) is 2.36. The van der Waals surface area contributed by atoms with Gasteiger partial charge in [-0.25, -0.2) is 9.97 Å². The summed E-state index contributed by atoms with van der Waals surface area (Å²) in [5, 5.41) is 1.65. The molecule has 28 heavy (non-hydrogen) atoms. The molecule has 0 radical (unpaired) electrons. The van der Waals surface area contributed by atoms with E-state index in [-0.39, 0.29) is 16.9 Å². The molecule has 2 aromatic heterocycles. The van der Waals surface area contributed by atoms with Crippen LogP contribution in [0.5, 0.6) is 0 Å². The molecule has 144 valence electrons. The molecule has 0 N–H and O–H groups in total. The third-order valence-corrected chi connectivity index (χ3v) is 7.44. The second kappa shape index (κ2) is 7.29. The van der Waals surface area contributed by atoms with Gasteiger partial charge in [0.2, 0.25) is 5.91 Å². The Bertz CT molecular complexity index is 1110. The van der Waals surface area contributed by atoms with E-state index < -0.39 is 0 Å². The van der Waals surface area contributed by atoms with Gasteiger partial charge in [-0.2, -0.15) is 0 Å². The number of Topliss-reactive ketones (excluding diaryl/α,β-unsaturated/α-hetero) is 1. The number of fused-ring (bicyclic) bond motifs is 2. The van der Waals surface area contributed by atoms with Crippen LogP contribution in [0.25, 0.3) is 10.2 Å². The smallest absolute Gasteiger partial charge is 0.223 e. The van der Waals surface area contributed by atoms with Gasteiger partial charge in [0, 0.05) is 35.0 Å². The number of ketones is 1. The van der Waals surface area contributed by atoms with E-state index in [2.05, 4.69) is 23.8 Å². The summed E-state index contributed by atoms with van der Waals surface area (Å²) in [5.41, 5.74) is 3.86. The molecule has 1 atom stereocenters. The number of thioether (sulfide) groups is 1. The van der Waals surface area contributed by atoms with Crippen LogP contribution in [0.15, 0.2) is 29.6 Å². The standard InChI is InChI=1S/C21H21N3O2S2/c1-11-12(2)27-20-18(11)21(23-10-22-20)28-13(3)19(26)16-5-6-17-15(9-16)7-8-24(17)14(4)25/h5-6,9-10,13H,7-8H2,1-4H3. The Balaban J connectivity index is 1.59. The molecular formula is C21H21N3O2S2. The van der Waals surface area contributed by atoms with Crippen molar-refractivity contribution in [3.8, 4) is 0 Å². The van der Waals surface area contributed by atoms with Crippen molar-refractivity contribution in [1.82, 2.24) is 9.97 Å². The molecule has 0 aliphatic carbocycles. The molecule has 3 aromatic rings. The zero-order chi connectivity index (χ0) is 20.0. The Kier molecular flexibility index (Phi) is 4.97. The zero-order valence-corrected chi connectivity index (χ0v) is 17.9. The lowest BCUT2D eigenvalue weighted by Gasteiger charge is -2.15. The summed E-state index contributed by atoms with van der Waals surface area (Å²) >= 11 is 3.14. The number of aryl methyl sites for hydroxylation is 2. The SMILES string of the molecule is CC(=O)N1CCc2cc(C(=O)C(C)Sc3ncnc4sc(C)c(C)c34)ccc21. The van der Waals surface area contributed by atoms with Gasteiger partial charge in [0.05, 0.1) is 5.25 Å². The van der Waals surface area contributed by atoms with Gasteiger partial charge >= 0.3 is 0 Å². The molecule has 3 heterocycles. The fourth-order valence-corrected chi connectivity index (χ4v) is 5.69.